The number of aromatic nitrogens is 1. The van der Waals surface area contributed by atoms with Crippen molar-refractivity contribution in [1.29, 1.82) is 0 Å². The van der Waals surface area contributed by atoms with E-state index in [1.54, 1.807) is 12.1 Å². The number of rotatable bonds is 8. The Morgan fingerprint density at radius 3 is 2.26 bits per heavy atom. The van der Waals surface area contributed by atoms with Gasteiger partial charge in [-0.15, -0.1) is 23.1 Å². The van der Waals surface area contributed by atoms with E-state index in [0.29, 0.717) is 32.1 Å². The zero-order chi connectivity index (χ0) is 29.8. The summed E-state index contributed by atoms with van der Waals surface area (Å²) < 4.78 is 0. The van der Waals surface area contributed by atoms with Crippen LogP contribution in [-0.4, -0.2) is 16.8 Å². The number of amides is 2. The highest BCUT2D eigenvalue weighted by atomic mass is 35.5. The summed E-state index contributed by atoms with van der Waals surface area (Å²) in [5, 5.41) is 10.8. The molecule has 0 aliphatic carbocycles. The first-order chi connectivity index (χ1) is 20.9. The fourth-order valence-electron chi connectivity index (χ4n) is 4.48. The average Bonchev–Trinajstić information content (AvgIpc) is 3.50. The summed E-state index contributed by atoms with van der Waals surface area (Å²) >= 11 is 15.0. The van der Waals surface area contributed by atoms with E-state index >= 15 is 0 Å². The summed E-state index contributed by atoms with van der Waals surface area (Å²) in [5.74, 6) is -0.378. The van der Waals surface area contributed by atoms with E-state index in [-0.39, 0.29) is 11.8 Å². The van der Waals surface area contributed by atoms with Crippen LogP contribution in [0.3, 0.4) is 0 Å². The van der Waals surface area contributed by atoms with Gasteiger partial charge >= 0.3 is 0 Å². The molecule has 1 unspecified atom stereocenters. The molecule has 0 bridgehead atoms. The zero-order valence-corrected chi connectivity index (χ0v) is 25.6. The van der Waals surface area contributed by atoms with Crippen molar-refractivity contribution in [3.05, 3.63) is 142 Å². The molecule has 9 heteroatoms. The van der Waals surface area contributed by atoms with Crippen molar-refractivity contribution < 1.29 is 9.59 Å². The lowest BCUT2D eigenvalue weighted by Gasteiger charge is -2.16. The largest absolute Gasteiger partial charge is 0.322 e. The number of nitrogens with one attached hydrogen (secondary N) is 2. The quantitative estimate of drug-likeness (QED) is 0.163. The maximum absolute atomic E-state index is 13.6. The summed E-state index contributed by atoms with van der Waals surface area (Å²) in [5.41, 5.74) is 3.63. The number of nitrogens with zero attached hydrogens (tertiary/aromatic N) is 1. The van der Waals surface area contributed by atoms with Gasteiger partial charge in [0.15, 0.2) is 5.13 Å². The molecular formula is C34H23Cl2N3O2S2. The van der Waals surface area contributed by atoms with Crippen LogP contribution >= 0.6 is 46.3 Å². The van der Waals surface area contributed by atoms with E-state index in [1.807, 2.05) is 109 Å². The lowest BCUT2D eigenvalue weighted by molar-refractivity contribution is -0.115. The zero-order valence-electron chi connectivity index (χ0n) is 22.5. The van der Waals surface area contributed by atoms with Crippen LogP contribution < -0.4 is 10.6 Å². The Morgan fingerprint density at radius 2 is 1.49 bits per heavy atom. The predicted molar refractivity (Wildman–Crippen MR) is 180 cm³/mol. The van der Waals surface area contributed by atoms with Gasteiger partial charge in [-0.25, -0.2) is 4.98 Å². The van der Waals surface area contributed by atoms with Crippen LogP contribution in [0.5, 0.6) is 0 Å². The van der Waals surface area contributed by atoms with Gasteiger partial charge in [0, 0.05) is 27.1 Å². The van der Waals surface area contributed by atoms with Crippen molar-refractivity contribution in [2.45, 2.75) is 10.1 Å². The highest BCUT2D eigenvalue weighted by Crippen LogP contribution is 2.37. The Balaban J connectivity index is 1.15. The van der Waals surface area contributed by atoms with Crippen LogP contribution in [0.1, 0.15) is 21.2 Å². The lowest BCUT2D eigenvalue weighted by Crippen LogP contribution is -2.19. The third-order valence-electron chi connectivity index (χ3n) is 6.67. The number of thiazole rings is 1. The molecule has 1 heterocycles. The molecule has 6 aromatic rings. The second kappa shape index (κ2) is 13.0. The van der Waals surface area contributed by atoms with Crippen LogP contribution in [0.2, 0.25) is 10.0 Å². The molecule has 0 saturated heterocycles. The summed E-state index contributed by atoms with van der Waals surface area (Å²) in [4.78, 5) is 31.9. The van der Waals surface area contributed by atoms with Crippen LogP contribution in [0.25, 0.3) is 22.0 Å². The first-order valence-corrected chi connectivity index (χ1v) is 15.8. The second-order valence-corrected chi connectivity index (χ2v) is 12.5. The van der Waals surface area contributed by atoms with Gasteiger partial charge < -0.3 is 10.6 Å². The van der Waals surface area contributed by atoms with E-state index in [0.717, 1.165) is 26.8 Å². The standard InChI is InChI=1S/C34H23Cl2N3O2S2/c35-28-17-12-24(19-29(28)36)30-20-42-34(38-30)39-33(41)31(22-7-2-1-3-8-22)43-27-15-13-26(14-16-27)37-32(40)25-11-10-21-6-4-5-9-23(21)18-25/h1-20,31H,(H,37,40)(H,38,39,41). The number of halogens is 2. The Morgan fingerprint density at radius 1 is 0.744 bits per heavy atom. The molecule has 0 aliphatic rings. The molecule has 0 saturated carbocycles. The summed E-state index contributed by atoms with van der Waals surface area (Å²) in [6, 6.07) is 36.0. The highest BCUT2D eigenvalue weighted by Gasteiger charge is 2.23. The van der Waals surface area contributed by atoms with Crippen molar-refractivity contribution in [2.75, 3.05) is 10.6 Å². The maximum Gasteiger partial charge on any atom is 0.255 e. The number of benzene rings is 5. The van der Waals surface area contributed by atoms with Gasteiger partial charge in [-0.3, -0.25) is 9.59 Å². The van der Waals surface area contributed by atoms with Gasteiger partial charge in [-0.2, -0.15) is 0 Å². The fourth-order valence-corrected chi connectivity index (χ4v) is 6.52. The van der Waals surface area contributed by atoms with E-state index in [4.69, 9.17) is 23.2 Å². The number of thioether (sulfide) groups is 1. The van der Waals surface area contributed by atoms with Gasteiger partial charge in [0.2, 0.25) is 5.91 Å². The summed E-state index contributed by atoms with van der Waals surface area (Å²) in [6.07, 6.45) is 0. The van der Waals surface area contributed by atoms with Gasteiger partial charge in [0.05, 0.1) is 15.7 Å². The Labute approximate surface area is 266 Å². The summed E-state index contributed by atoms with van der Waals surface area (Å²) in [7, 11) is 0. The van der Waals surface area contributed by atoms with Crippen molar-refractivity contribution in [1.82, 2.24) is 4.98 Å². The molecule has 0 spiro atoms. The maximum atomic E-state index is 13.6. The minimum absolute atomic E-state index is 0.184. The topological polar surface area (TPSA) is 71.1 Å². The van der Waals surface area contributed by atoms with E-state index in [2.05, 4.69) is 15.6 Å². The highest BCUT2D eigenvalue weighted by molar-refractivity contribution is 8.00. The molecule has 2 N–H and O–H groups in total. The van der Waals surface area contributed by atoms with Gasteiger partial charge in [-0.05, 0) is 64.9 Å². The minimum atomic E-state index is -0.531. The molecule has 0 fully saturated rings. The number of anilines is 2. The van der Waals surface area contributed by atoms with Crippen LogP contribution in [0.15, 0.2) is 126 Å². The molecular weight excluding hydrogens is 617 g/mol. The van der Waals surface area contributed by atoms with E-state index in [1.165, 1.54) is 23.1 Å². The molecule has 1 aromatic heterocycles. The van der Waals surface area contributed by atoms with Crippen molar-refractivity contribution in [3.63, 3.8) is 0 Å². The number of carbonyl (C=O) groups excluding carboxylic acids is 2. The van der Waals surface area contributed by atoms with Crippen molar-refractivity contribution in [2.24, 2.45) is 0 Å². The molecule has 212 valence electrons. The average molecular weight is 641 g/mol. The molecule has 43 heavy (non-hydrogen) atoms. The monoisotopic (exact) mass is 639 g/mol. The SMILES string of the molecule is O=C(Nc1ccc(SC(C(=O)Nc2nc(-c3ccc(Cl)c(Cl)c3)cs2)c2ccccc2)cc1)c1ccc2ccccc2c1. The third kappa shape index (κ3) is 6.92. The fraction of sp³-hybridized carbons (Fsp3) is 0.0294. The van der Waals surface area contributed by atoms with Crippen LogP contribution in [-0.2, 0) is 4.79 Å². The number of hydrogen-bond acceptors (Lipinski definition) is 5. The number of carbonyl (C=O) groups is 2. The molecule has 1 atom stereocenters. The Bertz CT molecular complexity index is 1930. The smallest absolute Gasteiger partial charge is 0.255 e. The number of hydrogen-bond donors (Lipinski definition) is 2. The molecule has 5 nitrogen and oxygen atoms in total. The minimum Gasteiger partial charge on any atom is -0.322 e. The van der Waals surface area contributed by atoms with E-state index in [9.17, 15) is 9.59 Å². The summed E-state index contributed by atoms with van der Waals surface area (Å²) in [6.45, 7) is 0. The number of fused-ring (bicyclic) bond motifs is 1. The van der Waals surface area contributed by atoms with Crippen LogP contribution in [0, 0.1) is 0 Å². The molecule has 0 radical (unpaired) electrons. The van der Waals surface area contributed by atoms with Gasteiger partial charge in [0.1, 0.15) is 5.25 Å². The molecule has 2 amide bonds. The lowest BCUT2D eigenvalue weighted by atomic mass is 10.1. The first kappa shape index (κ1) is 29.0. The Kier molecular flexibility index (Phi) is 8.77. The first-order valence-electron chi connectivity index (χ1n) is 13.3. The van der Waals surface area contributed by atoms with Crippen LogP contribution in [0.4, 0.5) is 10.8 Å². The van der Waals surface area contributed by atoms with Crippen molar-refractivity contribution in [3.8, 4) is 11.3 Å². The second-order valence-electron chi connectivity index (χ2n) is 9.61. The van der Waals surface area contributed by atoms with Crippen molar-refractivity contribution >= 4 is 79.7 Å². The molecule has 6 rings (SSSR count). The molecule has 5 aromatic carbocycles. The van der Waals surface area contributed by atoms with Gasteiger partial charge in [0.25, 0.3) is 5.91 Å². The predicted octanol–water partition coefficient (Wildman–Crippen LogP) is 9.99. The molecule has 0 aliphatic heterocycles. The van der Waals surface area contributed by atoms with Gasteiger partial charge in [-0.1, -0.05) is 89.9 Å². The normalized spacial score (nSPS) is 11.7. The Hall–Kier alpha value is -4.14. The van der Waals surface area contributed by atoms with E-state index < -0.39 is 5.25 Å². The third-order valence-corrected chi connectivity index (χ3v) is 9.43.